The molecule has 434 valence electrons. The molecule has 0 radical (unpaired) electrons. The molecular weight excluding hydrogens is 1080 g/mol. The molecule has 0 aliphatic heterocycles. The van der Waals surface area contributed by atoms with Crippen LogP contribution in [0.25, 0.3) is 22.3 Å². The SMILES string of the molecule is C#CCCCOC(C)=O.CC(=O)OCCCC#Cc1nc2c(=O)n(C)c(=O)n(CC(C)C)c2nc1CO[Si](C)(C)C(C)(C)C.CC(C)Cn1c(=O)n(C)c(=O)c2nc(OS(=O)(=O)C(F)(F)F)c(CO[Si](C)(C)C(C)(C)C)nc21. The standard InChI is InChI=1S/C25H38N4O5Si.C19H29F3N4O6SSi.C7H10O2/c1-17(2)15-29-22-21(23(31)28(7)24(29)32)26-19(13-11-10-12-14-33-18(3)30)20(27-22)16-34-35(8,9)25(4,5)6;1-11(2)9-26-14-13(16(27)25(6)17(26)28)24-15(32-33(29,30)19(20,21)22)12(23-14)10-31-34(7,8)18(3,4)5;1-3-4-5-6-9-7(2)8/h17H,10,12,14-16H2,1-9H3;11H,9-10H2,1-8H3;1H,4-6H2,2H3. The summed E-state index contributed by atoms with van der Waals surface area (Å²) in [6, 6.07) is 0. The van der Waals surface area contributed by atoms with E-state index in [0.717, 1.165) is 15.6 Å². The number of aromatic nitrogens is 8. The average molecular weight is 1160 g/mol. The van der Waals surface area contributed by atoms with Gasteiger partial charge in [-0.15, -0.1) is 12.3 Å². The Bertz CT molecular complexity index is 3260. The molecule has 0 aliphatic rings. The Kier molecular flexibility index (Phi) is 24.2. The molecule has 0 amide bonds. The summed E-state index contributed by atoms with van der Waals surface area (Å²) in [5.41, 5.74) is -8.20. The lowest BCUT2D eigenvalue weighted by molar-refractivity contribution is -0.141. The van der Waals surface area contributed by atoms with Crippen LogP contribution in [0.15, 0.2) is 19.2 Å². The highest BCUT2D eigenvalue weighted by Gasteiger charge is 2.49. The Hall–Kier alpha value is -6.01. The molecule has 21 nitrogen and oxygen atoms in total. The smallest absolute Gasteiger partial charge is 0.466 e. The minimum absolute atomic E-state index is 0.00445. The third kappa shape index (κ3) is 18.8. The van der Waals surface area contributed by atoms with E-state index in [4.69, 9.17) is 25.0 Å². The fourth-order valence-corrected chi connectivity index (χ4v) is 8.32. The van der Waals surface area contributed by atoms with Crippen molar-refractivity contribution < 1.29 is 53.7 Å². The fraction of sp³-hybridized carbons (Fsp3) is 0.647. The first-order valence-corrected chi connectivity index (χ1v) is 32.3. The van der Waals surface area contributed by atoms with Crippen LogP contribution >= 0.6 is 0 Å². The van der Waals surface area contributed by atoms with Crippen molar-refractivity contribution in [3.8, 4) is 30.1 Å². The van der Waals surface area contributed by atoms with E-state index in [0.29, 0.717) is 48.4 Å². The first kappa shape index (κ1) is 68.1. The molecule has 4 aromatic heterocycles. The van der Waals surface area contributed by atoms with Crippen molar-refractivity contribution in [1.29, 1.82) is 0 Å². The van der Waals surface area contributed by atoms with Gasteiger partial charge in [-0.25, -0.2) is 29.5 Å². The maximum atomic E-state index is 13.0. The quantitative estimate of drug-likeness (QED) is 0.0238. The first-order chi connectivity index (χ1) is 35.6. The van der Waals surface area contributed by atoms with Crippen molar-refractivity contribution in [2.45, 2.75) is 177 Å². The molecule has 78 heavy (non-hydrogen) atoms. The number of ether oxygens (including phenoxy) is 2. The normalized spacial score (nSPS) is 12.3. The van der Waals surface area contributed by atoms with Crippen LogP contribution in [0.5, 0.6) is 5.88 Å². The maximum absolute atomic E-state index is 13.0. The third-order valence-electron chi connectivity index (χ3n) is 12.5. The van der Waals surface area contributed by atoms with E-state index < -0.39 is 72.8 Å². The van der Waals surface area contributed by atoms with Crippen molar-refractivity contribution in [2.75, 3.05) is 13.2 Å². The lowest BCUT2D eigenvalue weighted by atomic mass is 10.2. The number of halogens is 3. The molecule has 0 saturated heterocycles. The minimum Gasteiger partial charge on any atom is -0.466 e. The van der Waals surface area contributed by atoms with Crippen molar-refractivity contribution >= 4 is 61.0 Å². The van der Waals surface area contributed by atoms with Crippen LogP contribution < -0.4 is 26.7 Å². The van der Waals surface area contributed by atoms with E-state index in [2.05, 4.69) is 75.5 Å². The molecule has 0 fully saturated rings. The van der Waals surface area contributed by atoms with Gasteiger partial charge in [0.05, 0.1) is 26.4 Å². The van der Waals surface area contributed by atoms with Gasteiger partial charge in [-0.05, 0) is 66.9 Å². The van der Waals surface area contributed by atoms with Crippen molar-refractivity contribution in [3.05, 3.63) is 58.8 Å². The zero-order chi connectivity index (χ0) is 60.1. The Labute approximate surface area is 456 Å². The molecule has 0 aromatic carbocycles. The number of fused-ring (bicyclic) bond motifs is 2. The molecule has 0 N–H and O–H groups in total. The number of hydrogen-bond donors (Lipinski definition) is 0. The van der Waals surface area contributed by atoms with Crippen LogP contribution in [0.4, 0.5) is 13.2 Å². The zero-order valence-corrected chi connectivity index (χ0v) is 51.0. The van der Waals surface area contributed by atoms with E-state index in [9.17, 15) is 50.4 Å². The number of rotatable bonds is 18. The van der Waals surface area contributed by atoms with E-state index in [1.807, 2.05) is 61.6 Å². The first-order valence-electron chi connectivity index (χ1n) is 25.1. The van der Waals surface area contributed by atoms with E-state index >= 15 is 0 Å². The lowest BCUT2D eigenvalue weighted by Gasteiger charge is -2.36. The maximum Gasteiger partial charge on any atom is 0.534 e. The molecule has 4 heterocycles. The van der Waals surface area contributed by atoms with Gasteiger partial charge in [0.2, 0.25) is 0 Å². The molecular formula is C51H77F3N8O13SSi2. The third-order valence-corrected chi connectivity index (χ3v) is 22.4. The van der Waals surface area contributed by atoms with Crippen LogP contribution in [0, 0.1) is 36.0 Å². The van der Waals surface area contributed by atoms with Crippen LogP contribution in [-0.2, 0) is 78.4 Å². The molecule has 0 aliphatic carbocycles. The summed E-state index contributed by atoms with van der Waals surface area (Å²) in [6.07, 6.45) is 7.46. The van der Waals surface area contributed by atoms with Gasteiger partial charge in [-0.1, -0.05) is 75.2 Å². The van der Waals surface area contributed by atoms with E-state index in [1.54, 1.807) is 0 Å². The Morgan fingerprint density at radius 1 is 0.667 bits per heavy atom. The highest BCUT2D eigenvalue weighted by Crippen LogP contribution is 2.39. The van der Waals surface area contributed by atoms with Crippen LogP contribution in [0.3, 0.4) is 0 Å². The van der Waals surface area contributed by atoms with E-state index in [-0.39, 0.29) is 76.1 Å². The average Bonchev–Trinajstić information content (AvgIpc) is 3.30. The van der Waals surface area contributed by atoms with Crippen LogP contribution in [0.1, 0.15) is 126 Å². The molecule has 27 heteroatoms. The summed E-state index contributed by atoms with van der Waals surface area (Å²) >= 11 is 0. The number of hydrogen-bond acceptors (Lipinski definition) is 17. The lowest BCUT2D eigenvalue weighted by Crippen LogP contribution is -2.41. The van der Waals surface area contributed by atoms with Gasteiger partial charge in [-0.2, -0.15) is 21.6 Å². The van der Waals surface area contributed by atoms with Gasteiger partial charge in [0, 0.05) is 53.9 Å². The number of alkyl halides is 3. The molecule has 0 saturated carbocycles. The predicted molar refractivity (Wildman–Crippen MR) is 295 cm³/mol. The number of unbranched alkanes of at least 4 members (excludes halogenated alkanes) is 2. The molecule has 0 bridgehead atoms. The van der Waals surface area contributed by atoms with Gasteiger partial charge in [0.1, 0.15) is 17.1 Å². The highest BCUT2D eigenvalue weighted by atomic mass is 32.2. The predicted octanol–water partition coefficient (Wildman–Crippen LogP) is 7.22. The summed E-state index contributed by atoms with van der Waals surface area (Å²) in [7, 11) is -8.08. The van der Waals surface area contributed by atoms with Gasteiger partial charge in [0.25, 0.3) is 17.0 Å². The largest absolute Gasteiger partial charge is 0.534 e. The molecule has 0 spiro atoms. The summed E-state index contributed by atoms with van der Waals surface area (Å²) in [5.74, 6) is 7.01. The number of terminal acetylenes is 1. The van der Waals surface area contributed by atoms with Crippen LogP contribution in [-0.4, -0.2) is 93.9 Å². The summed E-state index contributed by atoms with van der Waals surface area (Å²) < 4.78 is 93.0. The van der Waals surface area contributed by atoms with Gasteiger partial charge >= 0.3 is 38.9 Å². The molecule has 0 atom stereocenters. The number of nitrogens with zero attached hydrogens (tertiary/aromatic N) is 8. The van der Waals surface area contributed by atoms with Crippen LogP contribution in [0.2, 0.25) is 36.3 Å². The van der Waals surface area contributed by atoms with Crippen molar-refractivity contribution in [1.82, 2.24) is 38.2 Å². The number of carbonyl (C=O) groups excluding carboxylic acids is 2. The number of carbonyl (C=O) groups is 2. The second kappa shape index (κ2) is 27.7. The molecule has 4 rings (SSSR count). The summed E-state index contributed by atoms with van der Waals surface area (Å²) in [5, 5.41) is -0.290. The van der Waals surface area contributed by atoms with E-state index in [1.165, 1.54) is 32.5 Å². The van der Waals surface area contributed by atoms with Gasteiger partial charge in [0.15, 0.2) is 39.0 Å². The summed E-state index contributed by atoms with van der Waals surface area (Å²) in [4.78, 5) is 89.5. The minimum atomic E-state index is -6.11. The molecule has 0 unspecified atom stereocenters. The molecule has 4 aromatic rings. The number of esters is 2. The zero-order valence-electron chi connectivity index (χ0n) is 48.2. The van der Waals surface area contributed by atoms with Crippen molar-refractivity contribution in [3.63, 3.8) is 0 Å². The highest BCUT2D eigenvalue weighted by molar-refractivity contribution is 7.88. The fourth-order valence-electron chi connectivity index (χ4n) is 6.02. The van der Waals surface area contributed by atoms with Crippen molar-refractivity contribution in [2.24, 2.45) is 25.9 Å². The Morgan fingerprint density at radius 3 is 1.45 bits per heavy atom. The Balaban J connectivity index is 0.000000460. The second-order valence-electron chi connectivity index (χ2n) is 22.1. The van der Waals surface area contributed by atoms with Gasteiger partial charge in [-0.3, -0.25) is 37.4 Å². The topological polar surface area (TPSA) is 254 Å². The Morgan fingerprint density at radius 2 is 1.06 bits per heavy atom. The van der Waals surface area contributed by atoms with Gasteiger partial charge < -0.3 is 22.5 Å². The monoisotopic (exact) mass is 1150 g/mol. The summed E-state index contributed by atoms with van der Waals surface area (Å²) in [6.45, 7) is 31.7. The second-order valence-corrected chi connectivity index (χ2v) is 33.3.